The Morgan fingerprint density at radius 2 is 1.74 bits per heavy atom. The second-order valence-electron chi connectivity index (χ2n) is 6.83. The Morgan fingerprint density at radius 1 is 1.06 bits per heavy atom. The van der Waals surface area contributed by atoms with Gasteiger partial charge in [-0.2, -0.15) is 0 Å². The van der Waals surface area contributed by atoms with E-state index in [0.717, 1.165) is 5.56 Å². The maximum absolute atomic E-state index is 13.0. The number of nitro groups is 1. The molecule has 3 aromatic rings. The zero-order chi connectivity index (χ0) is 22.4. The number of nitro benzene ring substituents is 1. The van der Waals surface area contributed by atoms with Gasteiger partial charge in [0.2, 0.25) is 0 Å². The molecule has 0 aliphatic carbocycles. The molecule has 0 heterocycles. The summed E-state index contributed by atoms with van der Waals surface area (Å²) in [5.41, 5.74) is 1.88. The maximum atomic E-state index is 13.0. The van der Waals surface area contributed by atoms with Crippen LogP contribution in [0.15, 0.2) is 66.7 Å². The third kappa shape index (κ3) is 5.57. The summed E-state index contributed by atoms with van der Waals surface area (Å²) < 4.78 is 23.9. The quantitative estimate of drug-likeness (QED) is 0.394. The van der Waals surface area contributed by atoms with Crippen molar-refractivity contribution in [3.8, 4) is 22.6 Å². The van der Waals surface area contributed by atoms with Gasteiger partial charge in [0.15, 0.2) is 6.61 Å². The number of non-ortho nitro benzene ring substituents is 1. The first-order chi connectivity index (χ1) is 14.9. The second-order valence-corrected chi connectivity index (χ2v) is 6.83. The number of carbonyl (C=O) groups excluding carboxylic acids is 1. The Labute approximate surface area is 178 Å². The molecule has 0 saturated carbocycles. The molecule has 0 bridgehead atoms. The third-order valence-electron chi connectivity index (χ3n) is 4.68. The van der Waals surface area contributed by atoms with Gasteiger partial charge >= 0.3 is 0 Å². The van der Waals surface area contributed by atoms with E-state index in [-0.39, 0.29) is 24.0 Å². The second kappa shape index (κ2) is 9.71. The smallest absolute Gasteiger partial charge is 0.270 e. The summed E-state index contributed by atoms with van der Waals surface area (Å²) in [4.78, 5) is 24.7. The van der Waals surface area contributed by atoms with Gasteiger partial charge in [-0.25, -0.2) is 4.39 Å². The molecule has 0 atom stereocenters. The number of halogens is 1. The lowest BCUT2D eigenvalue weighted by Crippen LogP contribution is -2.31. The number of ether oxygens (including phenoxy) is 2. The highest BCUT2D eigenvalue weighted by Crippen LogP contribution is 2.34. The van der Waals surface area contributed by atoms with Gasteiger partial charge in [0, 0.05) is 31.3 Å². The molecule has 0 radical (unpaired) electrons. The van der Waals surface area contributed by atoms with E-state index in [0.29, 0.717) is 29.2 Å². The molecule has 0 aliphatic heterocycles. The van der Waals surface area contributed by atoms with Crippen LogP contribution in [-0.2, 0) is 11.3 Å². The molecular formula is C23H21FN2O5. The summed E-state index contributed by atoms with van der Waals surface area (Å²) in [7, 11) is 3.17. The van der Waals surface area contributed by atoms with E-state index in [2.05, 4.69) is 0 Å². The number of benzene rings is 3. The summed E-state index contributed by atoms with van der Waals surface area (Å²) >= 11 is 0. The van der Waals surface area contributed by atoms with Gasteiger partial charge < -0.3 is 14.4 Å². The Bertz CT molecular complexity index is 1070. The van der Waals surface area contributed by atoms with E-state index in [1.165, 1.54) is 35.2 Å². The van der Waals surface area contributed by atoms with E-state index in [4.69, 9.17) is 9.47 Å². The largest absolute Gasteiger partial charge is 0.497 e. The molecule has 0 saturated heterocycles. The van der Waals surface area contributed by atoms with Crippen molar-refractivity contribution in [3.63, 3.8) is 0 Å². The molecule has 0 aliphatic rings. The summed E-state index contributed by atoms with van der Waals surface area (Å²) in [5.74, 6) is 0.363. The lowest BCUT2D eigenvalue weighted by Gasteiger charge is -2.18. The van der Waals surface area contributed by atoms with Crippen molar-refractivity contribution >= 4 is 11.6 Å². The Hall–Kier alpha value is -3.94. The van der Waals surface area contributed by atoms with E-state index in [9.17, 15) is 19.3 Å². The molecule has 0 aromatic heterocycles. The topological polar surface area (TPSA) is 81.9 Å². The van der Waals surface area contributed by atoms with E-state index in [1.54, 1.807) is 50.6 Å². The standard InChI is InChI=1S/C23H21FN2O5/c1-25(14-16-3-7-18(24)8-4-16)23(27)15-31-22-12-9-19(26(28)29)13-21(22)17-5-10-20(30-2)11-6-17/h3-13H,14-15H2,1-2H3. The van der Waals surface area contributed by atoms with Crippen LogP contribution in [0.5, 0.6) is 11.5 Å². The van der Waals surface area contributed by atoms with Crippen LogP contribution in [0.2, 0.25) is 0 Å². The molecule has 0 spiro atoms. The Balaban J connectivity index is 1.75. The van der Waals surface area contributed by atoms with E-state index in [1.807, 2.05) is 0 Å². The minimum absolute atomic E-state index is 0.0853. The zero-order valence-corrected chi connectivity index (χ0v) is 17.1. The average molecular weight is 424 g/mol. The number of carbonyl (C=O) groups is 1. The van der Waals surface area contributed by atoms with E-state index >= 15 is 0 Å². The van der Waals surface area contributed by atoms with Gasteiger partial charge in [0.25, 0.3) is 11.6 Å². The van der Waals surface area contributed by atoms with Crippen LogP contribution in [0.3, 0.4) is 0 Å². The zero-order valence-electron chi connectivity index (χ0n) is 17.1. The number of hydrogen-bond donors (Lipinski definition) is 0. The molecule has 3 aromatic carbocycles. The van der Waals surface area contributed by atoms with Crippen LogP contribution in [0.4, 0.5) is 10.1 Å². The lowest BCUT2D eigenvalue weighted by molar-refractivity contribution is -0.384. The normalized spacial score (nSPS) is 10.4. The van der Waals surface area contributed by atoms with Crippen molar-refractivity contribution in [2.24, 2.45) is 0 Å². The molecule has 31 heavy (non-hydrogen) atoms. The maximum Gasteiger partial charge on any atom is 0.270 e. The van der Waals surface area contributed by atoms with Crippen molar-refractivity contribution < 1.29 is 23.6 Å². The van der Waals surface area contributed by atoms with Crippen LogP contribution in [0.25, 0.3) is 11.1 Å². The van der Waals surface area contributed by atoms with Gasteiger partial charge in [-0.15, -0.1) is 0 Å². The predicted molar refractivity (Wildman–Crippen MR) is 113 cm³/mol. The highest BCUT2D eigenvalue weighted by atomic mass is 19.1. The molecule has 0 N–H and O–H groups in total. The van der Waals surface area contributed by atoms with Crippen molar-refractivity contribution in [2.45, 2.75) is 6.54 Å². The molecule has 3 rings (SSSR count). The number of rotatable bonds is 8. The first kappa shape index (κ1) is 21.8. The first-order valence-corrected chi connectivity index (χ1v) is 9.41. The Morgan fingerprint density at radius 3 is 2.35 bits per heavy atom. The monoisotopic (exact) mass is 424 g/mol. The highest BCUT2D eigenvalue weighted by molar-refractivity contribution is 5.78. The summed E-state index contributed by atoms with van der Waals surface area (Å²) in [6.07, 6.45) is 0. The van der Waals surface area contributed by atoms with Gasteiger partial charge in [-0.1, -0.05) is 24.3 Å². The fraction of sp³-hybridized carbons (Fsp3) is 0.174. The molecule has 8 heteroatoms. The summed E-state index contributed by atoms with van der Waals surface area (Å²) in [5, 5.41) is 11.2. The number of amides is 1. The number of methoxy groups -OCH3 is 1. The minimum Gasteiger partial charge on any atom is -0.497 e. The first-order valence-electron chi connectivity index (χ1n) is 9.41. The fourth-order valence-corrected chi connectivity index (χ4v) is 2.96. The molecule has 160 valence electrons. The summed E-state index contributed by atoms with van der Waals surface area (Å²) in [6.45, 7) is 0.0483. The number of hydrogen-bond acceptors (Lipinski definition) is 5. The number of likely N-dealkylation sites (N-methyl/N-ethyl adjacent to an activating group) is 1. The SMILES string of the molecule is COc1ccc(-c2cc([N+](=O)[O-])ccc2OCC(=O)N(C)Cc2ccc(F)cc2)cc1. The van der Waals surface area contributed by atoms with Crippen molar-refractivity contribution in [1.29, 1.82) is 0 Å². The van der Waals surface area contributed by atoms with E-state index < -0.39 is 4.92 Å². The minimum atomic E-state index is -0.488. The van der Waals surface area contributed by atoms with Crippen molar-refractivity contribution in [1.82, 2.24) is 4.90 Å². The molecule has 7 nitrogen and oxygen atoms in total. The molecular weight excluding hydrogens is 403 g/mol. The highest BCUT2D eigenvalue weighted by Gasteiger charge is 2.16. The van der Waals surface area contributed by atoms with Gasteiger partial charge in [0.1, 0.15) is 17.3 Å². The predicted octanol–water partition coefficient (Wildman–Crippen LogP) is 4.45. The van der Waals surface area contributed by atoms with Gasteiger partial charge in [0.05, 0.1) is 12.0 Å². The van der Waals surface area contributed by atoms with Crippen LogP contribution in [0, 0.1) is 15.9 Å². The van der Waals surface area contributed by atoms with Crippen molar-refractivity contribution in [2.75, 3.05) is 20.8 Å². The van der Waals surface area contributed by atoms with Crippen LogP contribution in [-0.4, -0.2) is 36.5 Å². The molecule has 1 amide bonds. The van der Waals surface area contributed by atoms with Crippen LogP contribution >= 0.6 is 0 Å². The van der Waals surface area contributed by atoms with Crippen LogP contribution < -0.4 is 9.47 Å². The fourth-order valence-electron chi connectivity index (χ4n) is 2.96. The van der Waals surface area contributed by atoms with Crippen LogP contribution in [0.1, 0.15) is 5.56 Å². The summed E-state index contributed by atoms with van der Waals surface area (Å²) in [6, 6.07) is 17.1. The van der Waals surface area contributed by atoms with Crippen molar-refractivity contribution in [3.05, 3.63) is 88.2 Å². The lowest BCUT2D eigenvalue weighted by atomic mass is 10.0. The number of nitrogens with zero attached hydrogens (tertiary/aromatic N) is 2. The average Bonchev–Trinajstić information content (AvgIpc) is 2.78. The Kier molecular flexibility index (Phi) is 6.81. The third-order valence-corrected chi connectivity index (χ3v) is 4.68. The molecule has 0 fully saturated rings. The van der Waals surface area contributed by atoms with Gasteiger partial charge in [-0.05, 0) is 41.5 Å². The molecule has 0 unspecified atom stereocenters. The van der Waals surface area contributed by atoms with Gasteiger partial charge in [-0.3, -0.25) is 14.9 Å².